The Morgan fingerprint density at radius 2 is 1.75 bits per heavy atom. The minimum Gasteiger partial charge on any atom is -0.303 e. The number of nitrogens with zero attached hydrogens (tertiary/aromatic N) is 1. The number of hydrogen-bond acceptors (Lipinski definition) is 2. The van der Waals surface area contributed by atoms with Crippen LogP contribution in [0.5, 0.6) is 0 Å². The summed E-state index contributed by atoms with van der Waals surface area (Å²) in [7, 11) is 0. The highest BCUT2D eigenvalue weighted by Gasteiger charge is 2.45. The van der Waals surface area contributed by atoms with Gasteiger partial charge in [-0.15, -0.1) is 29.1 Å². The average molecular weight is 246 g/mol. The molecule has 1 fully saturated rings. The van der Waals surface area contributed by atoms with Gasteiger partial charge in [0.15, 0.2) is 0 Å². The lowest BCUT2D eigenvalue weighted by Gasteiger charge is -2.50. The third-order valence-electron chi connectivity index (χ3n) is 3.08. The van der Waals surface area contributed by atoms with Gasteiger partial charge in [-0.2, -0.15) is 0 Å². The van der Waals surface area contributed by atoms with E-state index in [-0.39, 0.29) is 23.5 Å². The molecule has 93 valence electrons. The second-order valence-corrected chi connectivity index (χ2v) is 5.61. The molecule has 0 amide bonds. The Morgan fingerprint density at radius 1 is 1.31 bits per heavy atom. The van der Waals surface area contributed by atoms with E-state index in [1.54, 1.807) is 0 Å². The zero-order valence-electron chi connectivity index (χ0n) is 10.5. The number of terminal acetylenes is 1. The summed E-state index contributed by atoms with van der Waals surface area (Å²) in [5.41, 5.74) is -0.623. The molecule has 16 heavy (non-hydrogen) atoms. The maximum atomic E-state index is 12.0. The van der Waals surface area contributed by atoms with Crippen molar-refractivity contribution in [2.24, 2.45) is 0 Å². The molecule has 1 aliphatic rings. The van der Waals surface area contributed by atoms with Crippen LogP contribution in [0.4, 0.5) is 0 Å². The number of rotatable bonds is 2. The quantitative estimate of drug-likeness (QED) is 0.756. The minimum atomic E-state index is -0.311. The zero-order chi connectivity index (χ0) is 11.7. The van der Waals surface area contributed by atoms with Gasteiger partial charge in [0.05, 0.1) is 6.54 Å². The molecular formula is C12H22ClN2O. The third-order valence-corrected chi connectivity index (χ3v) is 3.08. The monoisotopic (exact) mass is 245 g/mol. The Hall–Kier alpha value is -0.270. The van der Waals surface area contributed by atoms with Crippen molar-refractivity contribution >= 4 is 12.4 Å². The molecule has 3 nitrogen and oxygen atoms in total. The fraction of sp³-hybridized carbons (Fsp3) is 0.833. The molecule has 0 aliphatic carbocycles. The lowest BCUT2D eigenvalue weighted by atomic mass is 9.79. The van der Waals surface area contributed by atoms with E-state index in [0.29, 0.717) is 12.6 Å². The molecule has 0 spiro atoms. The summed E-state index contributed by atoms with van der Waals surface area (Å²) in [5.74, 6) is 2.58. The van der Waals surface area contributed by atoms with Crippen molar-refractivity contribution in [3.8, 4) is 12.3 Å². The highest BCUT2D eigenvalue weighted by molar-refractivity contribution is 5.85. The fourth-order valence-corrected chi connectivity index (χ4v) is 2.61. The van der Waals surface area contributed by atoms with Gasteiger partial charge in [-0.1, -0.05) is 5.92 Å². The van der Waals surface area contributed by atoms with Crippen LogP contribution in [0, 0.1) is 12.3 Å². The van der Waals surface area contributed by atoms with Crippen LogP contribution in [0.25, 0.3) is 0 Å². The van der Waals surface area contributed by atoms with Gasteiger partial charge in [-0.05, 0) is 40.5 Å². The molecule has 1 saturated heterocycles. The first-order valence-corrected chi connectivity index (χ1v) is 5.44. The first-order valence-electron chi connectivity index (χ1n) is 5.44. The van der Waals surface area contributed by atoms with E-state index in [0.717, 1.165) is 12.8 Å². The predicted octanol–water partition coefficient (Wildman–Crippen LogP) is 2.00. The normalized spacial score (nSPS) is 24.5. The second-order valence-electron chi connectivity index (χ2n) is 5.61. The van der Waals surface area contributed by atoms with E-state index < -0.39 is 0 Å². The van der Waals surface area contributed by atoms with Crippen LogP contribution in [0.2, 0.25) is 0 Å². The molecule has 0 bridgehead atoms. The summed E-state index contributed by atoms with van der Waals surface area (Å²) in [5, 5.41) is 16.6. The van der Waals surface area contributed by atoms with Crippen molar-refractivity contribution in [3.05, 3.63) is 0 Å². The van der Waals surface area contributed by atoms with Crippen LogP contribution in [0.1, 0.15) is 40.5 Å². The maximum absolute atomic E-state index is 12.0. The molecule has 0 unspecified atom stereocenters. The number of hydrogen-bond donors (Lipinski definition) is 1. The van der Waals surface area contributed by atoms with Crippen molar-refractivity contribution in [2.75, 3.05) is 6.54 Å². The molecule has 0 atom stereocenters. The molecule has 1 rings (SSSR count). The first-order chi connectivity index (χ1) is 6.79. The number of hydroxylamine groups is 2. The summed E-state index contributed by atoms with van der Waals surface area (Å²) in [6, 6.07) is 0.344. The van der Waals surface area contributed by atoms with Crippen molar-refractivity contribution in [2.45, 2.75) is 57.7 Å². The smallest absolute Gasteiger partial charge is 0.0575 e. The van der Waals surface area contributed by atoms with E-state index in [1.165, 1.54) is 5.06 Å². The Kier molecular flexibility index (Phi) is 5.28. The number of halogens is 1. The van der Waals surface area contributed by atoms with Crippen LogP contribution < -0.4 is 5.32 Å². The highest BCUT2D eigenvalue weighted by atomic mass is 35.5. The second kappa shape index (κ2) is 5.37. The Labute approximate surface area is 105 Å². The first kappa shape index (κ1) is 15.7. The van der Waals surface area contributed by atoms with Crippen molar-refractivity contribution in [1.82, 2.24) is 10.4 Å². The highest BCUT2D eigenvalue weighted by Crippen LogP contribution is 2.36. The van der Waals surface area contributed by atoms with Gasteiger partial charge in [0, 0.05) is 17.1 Å². The molecule has 1 heterocycles. The van der Waals surface area contributed by atoms with Crippen molar-refractivity contribution in [1.29, 1.82) is 0 Å². The molecule has 0 aromatic carbocycles. The van der Waals surface area contributed by atoms with Gasteiger partial charge >= 0.3 is 0 Å². The average Bonchev–Trinajstić information content (AvgIpc) is 2.10. The van der Waals surface area contributed by atoms with E-state index in [4.69, 9.17) is 6.42 Å². The fourth-order valence-electron chi connectivity index (χ4n) is 2.61. The van der Waals surface area contributed by atoms with E-state index >= 15 is 0 Å². The maximum Gasteiger partial charge on any atom is 0.0575 e. The molecule has 0 saturated carbocycles. The molecule has 1 N–H and O–H groups in total. The Balaban J connectivity index is 0.00000225. The number of nitrogens with one attached hydrogen (secondary N) is 1. The summed E-state index contributed by atoms with van der Waals surface area (Å²) in [6.45, 7) is 8.55. The van der Waals surface area contributed by atoms with E-state index in [2.05, 4.69) is 11.2 Å². The summed E-state index contributed by atoms with van der Waals surface area (Å²) < 4.78 is 0. The van der Waals surface area contributed by atoms with Crippen LogP contribution in [0.3, 0.4) is 0 Å². The topological polar surface area (TPSA) is 35.2 Å². The predicted molar refractivity (Wildman–Crippen MR) is 67.8 cm³/mol. The van der Waals surface area contributed by atoms with Gasteiger partial charge in [0.2, 0.25) is 0 Å². The van der Waals surface area contributed by atoms with Gasteiger partial charge < -0.3 is 5.32 Å². The standard InChI is InChI=1S/C12H21N2O.ClH/c1-6-7-13-10-8-11(2,3)14(15)12(4,5)9-10;/h1,10,13H,7-9H2,2-5H3;1H. The third kappa shape index (κ3) is 3.36. The van der Waals surface area contributed by atoms with Gasteiger partial charge in [0.1, 0.15) is 0 Å². The number of piperidine rings is 1. The van der Waals surface area contributed by atoms with Crippen LogP contribution in [-0.2, 0) is 5.21 Å². The SMILES string of the molecule is C#CCNC1CC(C)(C)N([O])C(C)(C)C1.Cl. The van der Waals surface area contributed by atoms with E-state index in [9.17, 15) is 5.21 Å². The van der Waals surface area contributed by atoms with Crippen LogP contribution in [-0.4, -0.2) is 28.7 Å². The Bertz CT molecular complexity index is 253. The van der Waals surface area contributed by atoms with Crippen molar-refractivity contribution in [3.63, 3.8) is 0 Å². The molecule has 1 radical (unpaired) electrons. The van der Waals surface area contributed by atoms with Gasteiger partial charge in [-0.25, -0.2) is 0 Å². The minimum absolute atomic E-state index is 0. The van der Waals surface area contributed by atoms with Gasteiger partial charge in [0.25, 0.3) is 0 Å². The van der Waals surface area contributed by atoms with Crippen LogP contribution >= 0.6 is 12.4 Å². The lowest BCUT2D eigenvalue weighted by Crippen LogP contribution is -2.61. The molecule has 1 aliphatic heterocycles. The summed E-state index contributed by atoms with van der Waals surface area (Å²) in [4.78, 5) is 0. The molecule has 4 heteroatoms. The largest absolute Gasteiger partial charge is 0.303 e. The van der Waals surface area contributed by atoms with Gasteiger partial charge in [-0.3, -0.25) is 0 Å². The molecule has 0 aromatic heterocycles. The summed E-state index contributed by atoms with van der Waals surface area (Å²) >= 11 is 0. The Morgan fingerprint density at radius 3 is 2.12 bits per heavy atom. The molecular weight excluding hydrogens is 224 g/mol. The lowest BCUT2D eigenvalue weighted by molar-refractivity contribution is -0.290. The zero-order valence-corrected chi connectivity index (χ0v) is 11.4. The van der Waals surface area contributed by atoms with Crippen molar-refractivity contribution < 1.29 is 5.21 Å². The van der Waals surface area contributed by atoms with E-state index in [1.807, 2.05) is 27.7 Å². The van der Waals surface area contributed by atoms with Crippen LogP contribution in [0.15, 0.2) is 0 Å². The molecule has 0 aromatic rings. The summed E-state index contributed by atoms with van der Waals surface area (Å²) in [6.07, 6.45) is 6.92.